The maximum Gasteiger partial charge on any atom is 0.337 e. The standard InChI is InChI=1S/C10H14N2O3/c1-7-8(10(13)14)3-4-9(12-7)11-5-6-15-2/h3-4H,5-6H2,1-2H3,(H,11,12)(H,13,14). The van der Waals surface area contributed by atoms with Crippen LogP contribution in [0.5, 0.6) is 0 Å². The zero-order chi connectivity index (χ0) is 11.3. The summed E-state index contributed by atoms with van der Waals surface area (Å²) in [5.74, 6) is -0.294. The number of pyridine rings is 1. The van der Waals surface area contributed by atoms with E-state index in [4.69, 9.17) is 9.84 Å². The Labute approximate surface area is 88.1 Å². The second-order valence-electron chi connectivity index (χ2n) is 3.05. The molecule has 1 rings (SSSR count). The van der Waals surface area contributed by atoms with Gasteiger partial charge in [-0.15, -0.1) is 0 Å². The van der Waals surface area contributed by atoms with Gasteiger partial charge in [-0.3, -0.25) is 0 Å². The Hall–Kier alpha value is -1.62. The second-order valence-corrected chi connectivity index (χ2v) is 3.05. The number of hydrogen-bond donors (Lipinski definition) is 2. The highest BCUT2D eigenvalue weighted by Gasteiger charge is 2.07. The van der Waals surface area contributed by atoms with Crippen molar-refractivity contribution >= 4 is 11.8 Å². The van der Waals surface area contributed by atoms with Gasteiger partial charge in [0.1, 0.15) is 5.82 Å². The normalized spacial score (nSPS) is 10.0. The minimum atomic E-state index is -0.955. The first-order valence-electron chi connectivity index (χ1n) is 4.59. The van der Waals surface area contributed by atoms with Crippen molar-refractivity contribution in [2.75, 3.05) is 25.6 Å². The van der Waals surface area contributed by atoms with Crippen LogP contribution in [0.25, 0.3) is 0 Å². The molecule has 0 bridgehead atoms. The number of rotatable bonds is 5. The summed E-state index contributed by atoms with van der Waals surface area (Å²) in [6.07, 6.45) is 0. The quantitative estimate of drug-likeness (QED) is 0.713. The fraction of sp³-hybridized carbons (Fsp3) is 0.400. The van der Waals surface area contributed by atoms with Crippen molar-refractivity contribution in [3.05, 3.63) is 23.4 Å². The topological polar surface area (TPSA) is 71.5 Å². The van der Waals surface area contributed by atoms with E-state index in [-0.39, 0.29) is 5.56 Å². The van der Waals surface area contributed by atoms with Gasteiger partial charge in [0.05, 0.1) is 17.9 Å². The van der Waals surface area contributed by atoms with Crippen LogP contribution < -0.4 is 5.32 Å². The van der Waals surface area contributed by atoms with Crippen LogP contribution in [0.3, 0.4) is 0 Å². The number of carboxylic acids is 1. The van der Waals surface area contributed by atoms with Crippen molar-refractivity contribution in [3.63, 3.8) is 0 Å². The molecule has 2 N–H and O–H groups in total. The summed E-state index contributed by atoms with van der Waals surface area (Å²) in [5, 5.41) is 11.8. The Bertz CT molecular complexity index is 353. The van der Waals surface area contributed by atoms with E-state index in [2.05, 4.69) is 10.3 Å². The molecule has 0 atom stereocenters. The van der Waals surface area contributed by atoms with E-state index in [1.807, 2.05) is 0 Å². The lowest BCUT2D eigenvalue weighted by Crippen LogP contribution is -2.10. The van der Waals surface area contributed by atoms with Gasteiger partial charge in [-0.1, -0.05) is 0 Å². The third-order valence-electron chi connectivity index (χ3n) is 1.93. The van der Waals surface area contributed by atoms with Gasteiger partial charge in [-0.05, 0) is 19.1 Å². The number of aryl methyl sites for hydroxylation is 1. The Morgan fingerprint density at radius 2 is 2.33 bits per heavy atom. The number of aromatic nitrogens is 1. The number of carboxylic acid groups (broad SMARTS) is 1. The van der Waals surface area contributed by atoms with Crippen molar-refractivity contribution in [1.29, 1.82) is 0 Å². The molecule has 1 aromatic heterocycles. The predicted molar refractivity (Wildman–Crippen MR) is 56.3 cm³/mol. The molecule has 5 heteroatoms. The zero-order valence-electron chi connectivity index (χ0n) is 8.78. The summed E-state index contributed by atoms with van der Waals surface area (Å²) in [6, 6.07) is 3.19. The van der Waals surface area contributed by atoms with Gasteiger partial charge in [0.15, 0.2) is 0 Å². The molecule has 82 valence electrons. The molecule has 0 spiro atoms. The summed E-state index contributed by atoms with van der Waals surface area (Å²) in [5.41, 5.74) is 0.734. The van der Waals surface area contributed by atoms with Crippen LogP contribution in [-0.2, 0) is 4.74 Å². The van der Waals surface area contributed by atoms with Crippen molar-refractivity contribution < 1.29 is 14.6 Å². The maximum atomic E-state index is 10.7. The minimum absolute atomic E-state index is 0.229. The molecule has 0 aliphatic carbocycles. The fourth-order valence-electron chi connectivity index (χ4n) is 1.17. The highest BCUT2D eigenvalue weighted by Crippen LogP contribution is 2.10. The smallest absolute Gasteiger partial charge is 0.337 e. The fourth-order valence-corrected chi connectivity index (χ4v) is 1.17. The van der Waals surface area contributed by atoms with Crippen molar-refractivity contribution in [1.82, 2.24) is 4.98 Å². The molecular formula is C10H14N2O3. The zero-order valence-corrected chi connectivity index (χ0v) is 8.78. The van der Waals surface area contributed by atoms with Crippen molar-refractivity contribution in [3.8, 4) is 0 Å². The van der Waals surface area contributed by atoms with Crippen LogP contribution in [0.2, 0.25) is 0 Å². The number of hydrogen-bond acceptors (Lipinski definition) is 4. The van der Waals surface area contributed by atoms with Crippen LogP contribution in [0.15, 0.2) is 12.1 Å². The van der Waals surface area contributed by atoms with E-state index in [0.717, 1.165) is 0 Å². The Morgan fingerprint density at radius 3 is 2.87 bits per heavy atom. The lowest BCUT2D eigenvalue weighted by atomic mass is 10.2. The lowest BCUT2D eigenvalue weighted by molar-refractivity contribution is 0.0695. The predicted octanol–water partition coefficient (Wildman–Crippen LogP) is 1.15. The number of nitrogens with one attached hydrogen (secondary N) is 1. The van der Waals surface area contributed by atoms with Crippen LogP contribution in [0.1, 0.15) is 16.1 Å². The number of aromatic carboxylic acids is 1. The highest BCUT2D eigenvalue weighted by atomic mass is 16.5. The van der Waals surface area contributed by atoms with E-state index in [1.54, 1.807) is 26.2 Å². The van der Waals surface area contributed by atoms with Crippen LogP contribution in [0, 0.1) is 6.92 Å². The Balaban J connectivity index is 2.69. The lowest BCUT2D eigenvalue weighted by Gasteiger charge is -2.06. The first kappa shape index (κ1) is 11.5. The number of methoxy groups -OCH3 is 1. The molecule has 0 unspecified atom stereocenters. The monoisotopic (exact) mass is 210 g/mol. The van der Waals surface area contributed by atoms with Crippen LogP contribution in [0.4, 0.5) is 5.82 Å². The molecule has 0 aliphatic heterocycles. The van der Waals surface area contributed by atoms with Gasteiger partial charge in [0.25, 0.3) is 0 Å². The van der Waals surface area contributed by atoms with Gasteiger partial charge in [0, 0.05) is 13.7 Å². The Morgan fingerprint density at radius 1 is 1.60 bits per heavy atom. The van der Waals surface area contributed by atoms with E-state index >= 15 is 0 Å². The van der Waals surface area contributed by atoms with Gasteiger partial charge >= 0.3 is 5.97 Å². The molecule has 0 aromatic carbocycles. The number of carbonyl (C=O) groups is 1. The minimum Gasteiger partial charge on any atom is -0.478 e. The summed E-state index contributed by atoms with van der Waals surface area (Å²) >= 11 is 0. The van der Waals surface area contributed by atoms with E-state index < -0.39 is 5.97 Å². The first-order chi connectivity index (χ1) is 7.15. The molecular weight excluding hydrogens is 196 g/mol. The molecule has 0 aliphatic rings. The van der Waals surface area contributed by atoms with E-state index in [1.165, 1.54) is 0 Å². The number of nitrogens with zero attached hydrogens (tertiary/aromatic N) is 1. The van der Waals surface area contributed by atoms with Gasteiger partial charge in [-0.25, -0.2) is 9.78 Å². The van der Waals surface area contributed by atoms with Crippen LogP contribution >= 0.6 is 0 Å². The molecule has 0 saturated heterocycles. The average molecular weight is 210 g/mol. The SMILES string of the molecule is COCCNc1ccc(C(=O)O)c(C)n1. The molecule has 1 aromatic rings. The highest BCUT2D eigenvalue weighted by molar-refractivity contribution is 5.88. The molecule has 0 fully saturated rings. The summed E-state index contributed by atoms with van der Waals surface area (Å²) < 4.78 is 4.87. The van der Waals surface area contributed by atoms with Crippen molar-refractivity contribution in [2.24, 2.45) is 0 Å². The number of ether oxygens (including phenoxy) is 1. The third-order valence-corrected chi connectivity index (χ3v) is 1.93. The molecule has 0 saturated carbocycles. The molecule has 0 radical (unpaired) electrons. The molecule has 0 amide bonds. The molecule has 15 heavy (non-hydrogen) atoms. The average Bonchev–Trinajstić information content (AvgIpc) is 2.17. The third kappa shape index (κ3) is 3.21. The maximum absolute atomic E-state index is 10.7. The van der Waals surface area contributed by atoms with Gasteiger partial charge in [-0.2, -0.15) is 0 Å². The summed E-state index contributed by atoms with van der Waals surface area (Å²) in [4.78, 5) is 14.8. The number of anilines is 1. The van der Waals surface area contributed by atoms with Crippen LogP contribution in [-0.4, -0.2) is 36.3 Å². The second kappa shape index (κ2) is 5.31. The summed E-state index contributed by atoms with van der Waals surface area (Å²) in [7, 11) is 1.62. The van der Waals surface area contributed by atoms with Gasteiger partial charge < -0.3 is 15.2 Å². The van der Waals surface area contributed by atoms with E-state index in [9.17, 15) is 4.79 Å². The summed E-state index contributed by atoms with van der Waals surface area (Å²) in [6.45, 7) is 2.90. The first-order valence-corrected chi connectivity index (χ1v) is 4.59. The molecule has 5 nitrogen and oxygen atoms in total. The van der Waals surface area contributed by atoms with Gasteiger partial charge in [0.2, 0.25) is 0 Å². The molecule has 1 heterocycles. The largest absolute Gasteiger partial charge is 0.478 e. The van der Waals surface area contributed by atoms with E-state index in [0.29, 0.717) is 24.7 Å². The Kier molecular flexibility index (Phi) is 4.05. The van der Waals surface area contributed by atoms with Crippen molar-refractivity contribution in [2.45, 2.75) is 6.92 Å².